The summed E-state index contributed by atoms with van der Waals surface area (Å²) in [6, 6.07) is 0. The fourth-order valence-corrected chi connectivity index (χ4v) is 1.90. The van der Waals surface area contributed by atoms with Crippen molar-refractivity contribution < 1.29 is 17.2 Å². The first-order valence-electron chi connectivity index (χ1n) is 3.79. The van der Waals surface area contributed by atoms with Gasteiger partial charge in [-0.1, -0.05) is 6.92 Å². The first kappa shape index (κ1) is 13.1. The summed E-state index contributed by atoms with van der Waals surface area (Å²) in [5.41, 5.74) is 0. The molecule has 0 aromatic rings. The zero-order valence-corrected chi connectivity index (χ0v) is 8.78. The predicted octanol–water partition coefficient (Wildman–Crippen LogP) is 1.49. The van der Waals surface area contributed by atoms with Gasteiger partial charge in [-0.05, 0) is 6.42 Å². The first-order valence-corrected chi connectivity index (χ1v) is 5.83. The number of hydrogen-bond donors (Lipinski definition) is 0. The summed E-state index contributed by atoms with van der Waals surface area (Å²) in [7, 11) is -4.42. The second-order valence-corrected chi connectivity index (χ2v) is 4.62. The van der Waals surface area contributed by atoms with E-state index in [-0.39, 0.29) is 19.0 Å². The second kappa shape index (κ2) is 5.72. The Labute approximate surface area is 81.7 Å². The predicted molar refractivity (Wildman–Crippen MR) is 47.5 cm³/mol. The molecule has 0 aromatic carbocycles. The van der Waals surface area contributed by atoms with Crippen LogP contribution < -0.4 is 0 Å². The Bertz CT molecular complexity index is 233. The molecule has 0 N–H and O–H groups in total. The number of hydrogen-bond acceptors (Lipinski definition) is 2. The van der Waals surface area contributed by atoms with E-state index in [2.05, 4.69) is 0 Å². The average molecular weight is 236 g/mol. The third-order valence-corrected chi connectivity index (χ3v) is 3.36. The molecule has 0 radical (unpaired) electrons. The molecule has 0 aliphatic carbocycles. The van der Waals surface area contributed by atoms with Crippen molar-refractivity contribution >= 4 is 21.6 Å². The molecule has 80 valence electrons. The van der Waals surface area contributed by atoms with Crippen LogP contribution in [0.3, 0.4) is 0 Å². The second-order valence-electron chi connectivity index (χ2n) is 2.34. The number of halogens is 3. The van der Waals surface area contributed by atoms with E-state index in [1.165, 1.54) is 6.92 Å². The zero-order chi connectivity index (χ0) is 10.5. The van der Waals surface area contributed by atoms with Gasteiger partial charge >= 0.3 is 5.76 Å². The molecule has 0 rings (SSSR count). The van der Waals surface area contributed by atoms with Crippen LogP contribution in [0.15, 0.2) is 0 Å². The lowest BCUT2D eigenvalue weighted by Gasteiger charge is -2.18. The molecule has 0 aliphatic rings. The van der Waals surface area contributed by atoms with Gasteiger partial charge in [0.15, 0.2) is 0 Å². The smallest absolute Gasteiger partial charge is 0.206 e. The summed E-state index contributed by atoms with van der Waals surface area (Å²) in [4.78, 5) is 0. The largest absolute Gasteiger partial charge is 0.350 e. The molecule has 3 nitrogen and oxygen atoms in total. The Hall–Kier alpha value is 0.0600. The van der Waals surface area contributed by atoms with E-state index < -0.39 is 15.8 Å². The molecule has 13 heavy (non-hydrogen) atoms. The fraction of sp³-hybridized carbons (Fsp3) is 1.00. The van der Waals surface area contributed by atoms with Crippen molar-refractivity contribution in [3.8, 4) is 0 Å². The van der Waals surface area contributed by atoms with E-state index in [0.29, 0.717) is 6.42 Å². The van der Waals surface area contributed by atoms with Gasteiger partial charge < -0.3 is 0 Å². The molecule has 0 aromatic heterocycles. The number of nitrogens with zero attached hydrogens (tertiary/aromatic N) is 1. The van der Waals surface area contributed by atoms with Crippen LogP contribution >= 0.6 is 11.6 Å². The SMILES string of the molecule is CCN(CCCCl)S(=O)(=O)C(F)F. The van der Waals surface area contributed by atoms with Gasteiger partial charge in [-0.2, -0.15) is 13.1 Å². The van der Waals surface area contributed by atoms with Crippen LogP contribution in [-0.4, -0.2) is 37.5 Å². The Morgan fingerprint density at radius 2 is 2.00 bits per heavy atom. The molecule has 0 spiro atoms. The van der Waals surface area contributed by atoms with Gasteiger partial charge in [0.25, 0.3) is 10.0 Å². The van der Waals surface area contributed by atoms with Crippen LogP contribution in [-0.2, 0) is 10.0 Å². The zero-order valence-electron chi connectivity index (χ0n) is 7.21. The van der Waals surface area contributed by atoms with E-state index in [4.69, 9.17) is 11.6 Å². The molecule has 0 saturated carbocycles. The average Bonchev–Trinajstić information content (AvgIpc) is 2.05. The lowest BCUT2D eigenvalue weighted by Crippen LogP contribution is -2.36. The quantitative estimate of drug-likeness (QED) is 0.654. The van der Waals surface area contributed by atoms with Crippen LogP contribution in [0, 0.1) is 0 Å². The molecule has 0 bridgehead atoms. The molecular weight excluding hydrogens is 224 g/mol. The standard InChI is InChI=1S/C6H12ClF2NO2S/c1-2-10(5-3-4-7)13(11,12)6(8)9/h6H,2-5H2,1H3. The normalized spacial score (nSPS) is 12.8. The molecule has 0 heterocycles. The summed E-state index contributed by atoms with van der Waals surface area (Å²) in [5.74, 6) is -3.09. The summed E-state index contributed by atoms with van der Waals surface area (Å²) in [5, 5.41) is 0. The van der Waals surface area contributed by atoms with Gasteiger partial charge in [-0.3, -0.25) is 0 Å². The van der Waals surface area contributed by atoms with Gasteiger partial charge in [-0.25, -0.2) is 8.42 Å². The van der Waals surface area contributed by atoms with Crippen LogP contribution in [0.1, 0.15) is 13.3 Å². The van der Waals surface area contributed by atoms with Crippen LogP contribution in [0.2, 0.25) is 0 Å². The molecule has 0 fully saturated rings. The van der Waals surface area contributed by atoms with Gasteiger partial charge in [0.2, 0.25) is 0 Å². The lowest BCUT2D eigenvalue weighted by molar-refractivity contribution is 0.219. The van der Waals surface area contributed by atoms with Gasteiger partial charge in [0, 0.05) is 19.0 Å². The van der Waals surface area contributed by atoms with Gasteiger partial charge in [-0.15, -0.1) is 11.6 Å². The van der Waals surface area contributed by atoms with Crippen LogP contribution in [0.25, 0.3) is 0 Å². The summed E-state index contributed by atoms with van der Waals surface area (Å²) in [6.45, 7) is 1.60. The third kappa shape index (κ3) is 3.74. The molecular formula is C6H12ClF2NO2S. The number of alkyl halides is 3. The Kier molecular flexibility index (Phi) is 5.75. The van der Waals surface area contributed by atoms with Crippen molar-refractivity contribution in [1.29, 1.82) is 0 Å². The minimum Gasteiger partial charge on any atom is -0.206 e. The van der Waals surface area contributed by atoms with E-state index in [1.807, 2.05) is 0 Å². The van der Waals surface area contributed by atoms with E-state index >= 15 is 0 Å². The van der Waals surface area contributed by atoms with Crippen molar-refractivity contribution in [3.63, 3.8) is 0 Å². The molecule has 0 aliphatic heterocycles. The van der Waals surface area contributed by atoms with Crippen LogP contribution in [0.4, 0.5) is 8.78 Å². The Balaban J connectivity index is 4.39. The maximum Gasteiger partial charge on any atom is 0.350 e. The highest BCUT2D eigenvalue weighted by Gasteiger charge is 2.30. The van der Waals surface area contributed by atoms with Gasteiger partial charge in [0.1, 0.15) is 0 Å². The van der Waals surface area contributed by atoms with Crippen molar-refractivity contribution in [2.45, 2.75) is 19.1 Å². The van der Waals surface area contributed by atoms with Crippen molar-refractivity contribution in [3.05, 3.63) is 0 Å². The highest BCUT2D eigenvalue weighted by atomic mass is 35.5. The summed E-state index contributed by atoms with van der Waals surface area (Å²) < 4.78 is 46.6. The Morgan fingerprint density at radius 3 is 2.31 bits per heavy atom. The molecule has 0 atom stereocenters. The highest BCUT2D eigenvalue weighted by molar-refractivity contribution is 7.89. The van der Waals surface area contributed by atoms with Crippen molar-refractivity contribution in [2.24, 2.45) is 0 Å². The van der Waals surface area contributed by atoms with Crippen LogP contribution in [0.5, 0.6) is 0 Å². The molecule has 0 amide bonds. The lowest BCUT2D eigenvalue weighted by atomic mass is 10.5. The Morgan fingerprint density at radius 1 is 1.46 bits per heavy atom. The summed E-state index contributed by atoms with van der Waals surface area (Å²) in [6.07, 6.45) is 0.376. The van der Waals surface area contributed by atoms with E-state index in [1.54, 1.807) is 0 Å². The molecule has 0 unspecified atom stereocenters. The molecule has 7 heteroatoms. The minimum atomic E-state index is -4.42. The maximum atomic E-state index is 12.0. The minimum absolute atomic E-state index is 0.0452. The number of sulfonamides is 1. The first-order chi connectivity index (χ1) is 5.96. The van der Waals surface area contributed by atoms with E-state index in [0.717, 1.165) is 4.31 Å². The maximum absolute atomic E-state index is 12.0. The van der Waals surface area contributed by atoms with E-state index in [9.17, 15) is 17.2 Å². The summed E-state index contributed by atoms with van der Waals surface area (Å²) >= 11 is 5.32. The fourth-order valence-electron chi connectivity index (χ4n) is 0.814. The number of rotatable bonds is 6. The molecule has 0 saturated heterocycles. The topological polar surface area (TPSA) is 37.4 Å². The monoisotopic (exact) mass is 235 g/mol. The third-order valence-electron chi connectivity index (χ3n) is 1.48. The van der Waals surface area contributed by atoms with Gasteiger partial charge in [0.05, 0.1) is 0 Å². The van der Waals surface area contributed by atoms with Crippen molar-refractivity contribution in [1.82, 2.24) is 4.31 Å². The van der Waals surface area contributed by atoms with Crippen molar-refractivity contribution in [2.75, 3.05) is 19.0 Å². The highest BCUT2D eigenvalue weighted by Crippen LogP contribution is 2.11.